The first-order valence-corrected chi connectivity index (χ1v) is 11.1. The molecule has 1 amide bonds. The van der Waals surface area contributed by atoms with Crippen molar-refractivity contribution in [2.24, 2.45) is 0 Å². The molecule has 2 aromatic rings. The summed E-state index contributed by atoms with van der Waals surface area (Å²) in [5.41, 5.74) is 0.646. The van der Waals surface area contributed by atoms with Gasteiger partial charge in [-0.25, -0.2) is 13.4 Å². The third kappa shape index (κ3) is 4.57. The summed E-state index contributed by atoms with van der Waals surface area (Å²) in [7, 11) is 0.687. The van der Waals surface area contributed by atoms with E-state index in [0.29, 0.717) is 41.7 Å². The monoisotopic (exact) mass is 412 g/mol. The Morgan fingerprint density at radius 2 is 2.11 bits per heavy atom. The second-order valence-corrected chi connectivity index (χ2v) is 9.54. The van der Waals surface area contributed by atoms with E-state index in [2.05, 4.69) is 4.98 Å². The third-order valence-corrected chi connectivity index (χ3v) is 6.10. The van der Waals surface area contributed by atoms with Gasteiger partial charge in [-0.15, -0.1) is 0 Å². The fourth-order valence-electron chi connectivity index (χ4n) is 2.47. The van der Waals surface area contributed by atoms with E-state index in [0.717, 1.165) is 0 Å². The van der Waals surface area contributed by atoms with Crippen molar-refractivity contribution >= 4 is 42.4 Å². The number of benzene rings is 1. The Bertz CT molecular complexity index is 982. The zero-order valence-electron chi connectivity index (χ0n) is 15.4. The average Bonchev–Trinajstić information content (AvgIpc) is 3.04. The summed E-state index contributed by atoms with van der Waals surface area (Å²) in [5, 5.41) is 0.497. The van der Waals surface area contributed by atoms with Crippen LogP contribution < -0.4 is 9.80 Å². The molecule has 10 heteroatoms. The minimum absolute atomic E-state index is 0.145. The van der Waals surface area contributed by atoms with Gasteiger partial charge in [-0.1, -0.05) is 11.3 Å². The van der Waals surface area contributed by atoms with E-state index in [9.17, 15) is 13.2 Å². The molecule has 1 aromatic heterocycles. The van der Waals surface area contributed by atoms with Crippen LogP contribution in [0.25, 0.3) is 10.2 Å². The molecule has 0 saturated carbocycles. The summed E-state index contributed by atoms with van der Waals surface area (Å²) in [6.45, 7) is 1.89. The van der Waals surface area contributed by atoms with Crippen molar-refractivity contribution in [3.8, 4) is 0 Å². The number of thiazole rings is 1. The van der Waals surface area contributed by atoms with Gasteiger partial charge in [-0.2, -0.15) is 0 Å². The maximum absolute atomic E-state index is 12.9. The van der Waals surface area contributed by atoms with E-state index in [1.165, 1.54) is 34.8 Å². The summed E-state index contributed by atoms with van der Waals surface area (Å²) in [4.78, 5) is 20.4. The minimum Gasteiger partial charge on any atom is -0.494 e. The second kappa shape index (κ2) is 7.83. The summed E-state index contributed by atoms with van der Waals surface area (Å²) in [6.07, 6.45) is 2.50. The van der Waals surface area contributed by atoms with Crippen molar-refractivity contribution in [2.45, 2.75) is 4.90 Å². The van der Waals surface area contributed by atoms with Crippen LogP contribution in [-0.4, -0.2) is 66.0 Å². The van der Waals surface area contributed by atoms with Crippen molar-refractivity contribution in [3.63, 3.8) is 0 Å². The number of hydrogen-bond donors (Lipinski definition) is 1. The maximum atomic E-state index is 12.9. The van der Waals surface area contributed by atoms with Crippen LogP contribution in [0.1, 0.15) is 0 Å². The van der Waals surface area contributed by atoms with Crippen LogP contribution in [0.15, 0.2) is 35.1 Å². The Morgan fingerprint density at radius 3 is 2.74 bits per heavy atom. The first-order chi connectivity index (χ1) is 12.8. The van der Waals surface area contributed by atoms with Gasteiger partial charge in [0.2, 0.25) is 5.76 Å². The highest BCUT2D eigenvalue weighted by atomic mass is 32.2. The van der Waals surface area contributed by atoms with Gasteiger partial charge in [0.05, 0.1) is 42.3 Å². The Morgan fingerprint density at radius 1 is 1.33 bits per heavy atom. The van der Waals surface area contributed by atoms with Gasteiger partial charge >= 0.3 is 0 Å². The van der Waals surface area contributed by atoms with Gasteiger partial charge < -0.3 is 14.4 Å². The number of aromatic nitrogens is 1. The quantitative estimate of drug-likeness (QED) is 0.722. The molecule has 1 aliphatic heterocycles. The lowest BCUT2D eigenvalue weighted by molar-refractivity contribution is -0.856. The average molecular weight is 413 g/mol. The maximum Gasteiger partial charge on any atom is 0.298 e. The van der Waals surface area contributed by atoms with Crippen molar-refractivity contribution in [3.05, 3.63) is 30.2 Å². The molecule has 3 rings (SSSR count). The number of hydrogen-bond acceptors (Lipinski definition) is 7. The van der Waals surface area contributed by atoms with E-state index in [1.807, 2.05) is 14.1 Å². The van der Waals surface area contributed by atoms with Crippen molar-refractivity contribution in [2.75, 3.05) is 51.6 Å². The number of ether oxygens (including phenoxy) is 2. The Balaban J connectivity index is 1.97. The van der Waals surface area contributed by atoms with Gasteiger partial charge in [0.25, 0.3) is 5.91 Å². The summed E-state index contributed by atoms with van der Waals surface area (Å²) >= 11 is 1.28. The molecule has 0 unspecified atom stereocenters. The Labute approximate surface area is 161 Å². The largest absolute Gasteiger partial charge is 0.494 e. The predicted octanol–water partition coefficient (Wildman–Crippen LogP) is 0.0655. The highest BCUT2D eigenvalue weighted by molar-refractivity contribution is 7.90. The standard InChI is InChI=1S/C17H21N3O5S2/c1-19(2)6-7-20(16(21)14-11-24-8-9-25-14)17-18-13-5-4-12(27(3,22)23)10-15(13)26-17/h4-5,10-11H,6-9H2,1-3H3/p+1. The zero-order valence-corrected chi connectivity index (χ0v) is 17.0. The number of carbonyl (C=O) groups excluding carboxylic acids is 1. The summed E-state index contributed by atoms with van der Waals surface area (Å²) < 4.78 is 34.9. The number of likely N-dealkylation sites (N-methyl/N-ethyl adjacent to an activating group) is 1. The Hall–Kier alpha value is -2.17. The van der Waals surface area contributed by atoms with E-state index in [1.54, 1.807) is 17.0 Å². The topological polar surface area (TPSA) is 90.2 Å². The second-order valence-electron chi connectivity index (χ2n) is 6.51. The van der Waals surface area contributed by atoms with Crippen molar-refractivity contribution in [1.29, 1.82) is 0 Å². The first-order valence-electron chi connectivity index (χ1n) is 8.42. The molecule has 1 N–H and O–H groups in total. The number of nitrogens with one attached hydrogen (secondary N) is 1. The molecule has 0 spiro atoms. The van der Waals surface area contributed by atoms with Crippen molar-refractivity contribution in [1.82, 2.24) is 4.98 Å². The SMILES string of the molecule is C[NH+](C)CCN(C(=O)C1=COCCO1)c1nc2ccc(S(C)(=O)=O)cc2s1. The highest BCUT2D eigenvalue weighted by Crippen LogP contribution is 2.31. The van der Waals surface area contributed by atoms with Crippen LogP contribution in [0.5, 0.6) is 0 Å². The zero-order chi connectivity index (χ0) is 19.6. The summed E-state index contributed by atoms with van der Waals surface area (Å²) in [6, 6.07) is 4.77. The van der Waals surface area contributed by atoms with Crippen LogP contribution >= 0.6 is 11.3 Å². The number of quaternary nitrogens is 1. The molecule has 0 radical (unpaired) electrons. The van der Waals surface area contributed by atoms with E-state index >= 15 is 0 Å². The molecule has 1 aromatic carbocycles. The van der Waals surface area contributed by atoms with Gasteiger partial charge in [-0.3, -0.25) is 9.69 Å². The normalized spacial score (nSPS) is 14.6. The highest BCUT2D eigenvalue weighted by Gasteiger charge is 2.27. The molecule has 146 valence electrons. The number of carbonyl (C=O) groups is 1. The van der Waals surface area contributed by atoms with Crippen LogP contribution in [0.3, 0.4) is 0 Å². The lowest BCUT2D eigenvalue weighted by atomic mass is 10.3. The summed E-state index contributed by atoms with van der Waals surface area (Å²) in [5.74, 6) is -0.176. The third-order valence-electron chi connectivity index (χ3n) is 3.95. The number of amides is 1. The number of fused-ring (bicyclic) bond motifs is 1. The van der Waals surface area contributed by atoms with Crippen LogP contribution in [-0.2, 0) is 24.1 Å². The molecule has 0 bridgehead atoms. The van der Waals surface area contributed by atoms with Gasteiger partial charge in [-0.05, 0) is 18.2 Å². The van der Waals surface area contributed by atoms with Gasteiger partial charge in [0.15, 0.2) is 15.0 Å². The van der Waals surface area contributed by atoms with Crippen LogP contribution in [0.4, 0.5) is 5.13 Å². The van der Waals surface area contributed by atoms with Gasteiger partial charge in [0, 0.05) is 6.26 Å². The Kier molecular flexibility index (Phi) is 5.68. The van der Waals surface area contributed by atoms with Gasteiger partial charge in [0.1, 0.15) is 19.5 Å². The van der Waals surface area contributed by atoms with E-state index < -0.39 is 9.84 Å². The van der Waals surface area contributed by atoms with Crippen LogP contribution in [0.2, 0.25) is 0 Å². The molecular weight excluding hydrogens is 390 g/mol. The van der Waals surface area contributed by atoms with Crippen molar-refractivity contribution < 1.29 is 27.6 Å². The van der Waals surface area contributed by atoms with Crippen LogP contribution in [0, 0.1) is 0 Å². The molecule has 8 nitrogen and oxygen atoms in total. The molecule has 2 heterocycles. The minimum atomic E-state index is -3.31. The van der Waals surface area contributed by atoms with E-state index in [-0.39, 0.29) is 16.6 Å². The molecule has 0 fully saturated rings. The first kappa shape index (κ1) is 19.6. The molecule has 27 heavy (non-hydrogen) atoms. The lowest BCUT2D eigenvalue weighted by Crippen LogP contribution is -3.06. The number of anilines is 1. The van der Waals surface area contributed by atoms with E-state index in [4.69, 9.17) is 9.47 Å². The number of rotatable bonds is 6. The molecule has 0 atom stereocenters. The molecule has 0 aliphatic carbocycles. The predicted molar refractivity (Wildman–Crippen MR) is 103 cm³/mol. The molecule has 1 aliphatic rings. The molecule has 0 saturated heterocycles. The number of sulfone groups is 1. The smallest absolute Gasteiger partial charge is 0.298 e. The fourth-order valence-corrected chi connectivity index (χ4v) is 4.22. The lowest BCUT2D eigenvalue weighted by Gasteiger charge is -2.23. The molecular formula is C17H22N3O5S2+. The number of nitrogens with zero attached hydrogens (tertiary/aromatic N) is 2. The fraction of sp³-hybridized carbons (Fsp3) is 0.412.